The summed E-state index contributed by atoms with van der Waals surface area (Å²) in [6.45, 7) is 3.81. The molecule has 47 heavy (non-hydrogen) atoms. The van der Waals surface area contributed by atoms with Gasteiger partial charge in [-0.25, -0.2) is 4.79 Å². The van der Waals surface area contributed by atoms with Crippen LogP contribution in [0.3, 0.4) is 0 Å². The van der Waals surface area contributed by atoms with E-state index in [-0.39, 0.29) is 66.2 Å². The fourth-order valence-electron chi connectivity index (χ4n) is 6.57. The lowest BCUT2D eigenvalue weighted by Gasteiger charge is -2.19. The molecule has 6 N–H and O–H groups in total. The number of hydrogen-bond donors (Lipinski definition) is 6. The molecule has 0 heterocycles. The van der Waals surface area contributed by atoms with Crippen molar-refractivity contribution in [3.8, 4) is 34.1 Å². The summed E-state index contributed by atoms with van der Waals surface area (Å²) < 4.78 is 0. The van der Waals surface area contributed by atoms with Crippen LogP contribution in [-0.2, 0) is 36.9 Å². The van der Waals surface area contributed by atoms with E-state index >= 15 is 0 Å². The van der Waals surface area contributed by atoms with Crippen molar-refractivity contribution in [2.45, 2.75) is 46.0 Å². The third-order valence-corrected chi connectivity index (χ3v) is 8.77. The fourth-order valence-corrected chi connectivity index (χ4v) is 6.57. The van der Waals surface area contributed by atoms with E-state index in [1.807, 2.05) is 38.1 Å². The van der Waals surface area contributed by atoms with Crippen LogP contribution < -0.4 is 0 Å². The number of aromatic hydroxyl groups is 4. The maximum Gasteiger partial charge on any atom is 0.335 e. The highest BCUT2D eigenvalue weighted by molar-refractivity contribution is 5.88. The van der Waals surface area contributed by atoms with Crippen molar-refractivity contribution in [2.75, 3.05) is 0 Å². The lowest BCUT2D eigenvalue weighted by atomic mass is 9.88. The Morgan fingerprint density at radius 2 is 0.851 bits per heavy atom. The molecule has 0 saturated heterocycles. The molecular formula is C39H34O8. The number of rotatable bonds is 4. The Labute approximate surface area is 271 Å². The first kappa shape index (κ1) is 31.2. The van der Waals surface area contributed by atoms with E-state index < -0.39 is 11.9 Å². The molecule has 0 aromatic heterocycles. The van der Waals surface area contributed by atoms with Gasteiger partial charge in [-0.15, -0.1) is 0 Å². The highest BCUT2D eigenvalue weighted by atomic mass is 16.4. The van der Waals surface area contributed by atoms with Crippen LogP contribution in [-0.4, -0.2) is 42.6 Å². The van der Waals surface area contributed by atoms with Crippen LogP contribution in [0.2, 0.25) is 0 Å². The number of aryl methyl sites for hydroxylation is 2. The predicted octanol–water partition coefficient (Wildman–Crippen LogP) is 6.79. The first-order chi connectivity index (χ1) is 22.4. The van der Waals surface area contributed by atoms with E-state index in [2.05, 4.69) is 0 Å². The molecule has 0 radical (unpaired) electrons. The number of carbonyl (C=O) groups is 2. The standard InChI is InChI=1S/C39H34O8/c1-20-7-25-14-26-8-21(2)10-28(36(26)43)16-31-18-33(39(46)47)19-32(38(31)45)17-30-13-24(23-5-3-22(4-6-23)11-34(40)41)12-29(37(30)44)15-27(9-20)35(25)42/h3-10,12-13,18-19,42-45H,11,14-17H2,1-2H3,(H,40,41)(H,46,47). The van der Waals surface area contributed by atoms with Gasteiger partial charge in [0.05, 0.1) is 12.0 Å². The van der Waals surface area contributed by atoms with Crippen LogP contribution in [0.4, 0.5) is 0 Å². The summed E-state index contributed by atoms with van der Waals surface area (Å²) in [5.74, 6) is -2.24. The van der Waals surface area contributed by atoms with Crippen molar-refractivity contribution >= 4 is 11.9 Å². The van der Waals surface area contributed by atoms with Gasteiger partial charge >= 0.3 is 11.9 Å². The molecule has 238 valence electrons. The van der Waals surface area contributed by atoms with Gasteiger partial charge in [0.2, 0.25) is 0 Å². The number of fused-ring (bicyclic) bond motifs is 8. The highest BCUT2D eigenvalue weighted by Crippen LogP contribution is 2.40. The van der Waals surface area contributed by atoms with E-state index in [1.54, 1.807) is 36.4 Å². The van der Waals surface area contributed by atoms with Gasteiger partial charge in [-0.2, -0.15) is 0 Å². The molecule has 0 spiro atoms. The van der Waals surface area contributed by atoms with E-state index in [9.17, 15) is 40.2 Å². The Balaban J connectivity index is 1.60. The zero-order valence-electron chi connectivity index (χ0n) is 26.0. The molecule has 1 aliphatic rings. The van der Waals surface area contributed by atoms with Crippen LogP contribution in [0.5, 0.6) is 23.0 Å². The number of carboxylic acids is 2. The highest BCUT2D eigenvalue weighted by Gasteiger charge is 2.22. The average Bonchev–Trinajstić information content (AvgIpc) is 3.01. The third kappa shape index (κ3) is 6.35. The summed E-state index contributed by atoms with van der Waals surface area (Å²) in [6.07, 6.45) is 0.282. The summed E-state index contributed by atoms with van der Waals surface area (Å²) in [5, 5.41) is 65.2. The van der Waals surface area contributed by atoms with Crippen LogP contribution in [0, 0.1) is 13.8 Å². The minimum atomic E-state index is -1.18. The molecule has 8 heteroatoms. The lowest BCUT2D eigenvalue weighted by Crippen LogP contribution is -2.05. The van der Waals surface area contributed by atoms with Crippen LogP contribution in [0.15, 0.2) is 72.8 Å². The number of aliphatic carboxylic acids is 1. The van der Waals surface area contributed by atoms with Crippen LogP contribution in [0.25, 0.3) is 11.1 Å². The van der Waals surface area contributed by atoms with Crippen molar-refractivity contribution in [1.82, 2.24) is 0 Å². The summed E-state index contributed by atoms with van der Waals surface area (Å²) in [5.41, 5.74) is 7.60. The van der Waals surface area contributed by atoms with Crippen molar-refractivity contribution in [3.05, 3.63) is 140 Å². The maximum absolute atomic E-state index is 12.2. The van der Waals surface area contributed by atoms with Crippen molar-refractivity contribution in [3.63, 3.8) is 0 Å². The molecule has 8 nitrogen and oxygen atoms in total. The largest absolute Gasteiger partial charge is 0.507 e. The number of carboxylic acid groups (broad SMARTS) is 2. The SMILES string of the molecule is Cc1cc2c(O)c(c1)Cc1cc(C(=O)O)cc(c1O)Cc1cc(-c3ccc(CC(=O)O)cc3)cc(c1O)Cc1cc(C)cc(c1O)C2. The number of hydrogen-bond acceptors (Lipinski definition) is 6. The first-order valence-corrected chi connectivity index (χ1v) is 15.2. The second kappa shape index (κ2) is 12.2. The Hall–Kier alpha value is -5.76. The minimum absolute atomic E-state index is 0.00806. The van der Waals surface area contributed by atoms with Gasteiger partial charge in [-0.05, 0) is 99.3 Å². The smallest absolute Gasteiger partial charge is 0.335 e. The van der Waals surface area contributed by atoms with Crippen LogP contribution >= 0.6 is 0 Å². The Bertz CT molecular complexity index is 2080. The topological polar surface area (TPSA) is 156 Å². The summed E-state index contributed by atoms with van der Waals surface area (Å²) in [7, 11) is 0. The Morgan fingerprint density at radius 1 is 0.511 bits per heavy atom. The molecule has 0 amide bonds. The zero-order chi connectivity index (χ0) is 33.6. The monoisotopic (exact) mass is 630 g/mol. The molecule has 0 aliphatic heterocycles. The van der Waals surface area contributed by atoms with E-state index in [1.165, 1.54) is 12.1 Å². The molecule has 5 aromatic rings. The van der Waals surface area contributed by atoms with E-state index in [0.717, 1.165) is 16.7 Å². The van der Waals surface area contributed by atoms with E-state index in [0.29, 0.717) is 50.1 Å². The van der Waals surface area contributed by atoms with Gasteiger partial charge in [-0.1, -0.05) is 59.7 Å². The molecule has 8 bridgehead atoms. The molecule has 0 fully saturated rings. The molecule has 1 aliphatic carbocycles. The molecule has 0 atom stereocenters. The second-order valence-corrected chi connectivity index (χ2v) is 12.4. The van der Waals surface area contributed by atoms with Crippen molar-refractivity contribution in [1.29, 1.82) is 0 Å². The van der Waals surface area contributed by atoms with Gasteiger partial charge in [0, 0.05) is 25.7 Å². The molecule has 0 unspecified atom stereocenters. The number of phenols is 4. The lowest BCUT2D eigenvalue weighted by molar-refractivity contribution is -0.136. The van der Waals surface area contributed by atoms with E-state index in [4.69, 9.17) is 0 Å². The quantitative estimate of drug-likeness (QED) is 0.124. The van der Waals surface area contributed by atoms with Gasteiger partial charge in [-0.3, -0.25) is 4.79 Å². The normalized spacial score (nSPS) is 12.5. The molecule has 6 rings (SSSR count). The minimum Gasteiger partial charge on any atom is -0.507 e. The molecular weight excluding hydrogens is 596 g/mol. The second-order valence-electron chi connectivity index (χ2n) is 12.4. The van der Waals surface area contributed by atoms with Gasteiger partial charge in [0.15, 0.2) is 0 Å². The maximum atomic E-state index is 12.2. The summed E-state index contributed by atoms with van der Waals surface area (Å²) in [4.78, 5) is 23.4. The first-order valence-electron chi connectivity index (χ1n) is 15.2. The van der Waals surface area contributed by atoms with Crippen LogP contribution in [0.1, 0.15) is 71.6 Å². The van der Waals surface area contributed by atoms with Crippen molar-refractivity contribution < 1.29 is 40.2 Å². The summed E-state index contributed by atoms with van der Waals surface area (Å²) in [6, 6.07) is 20.8. The number of benzene rings is 5. The Morgan fingerprint density at radius 3 is 1.19 bits per heavy atom. The number of aromatic carboxylic acids is 1. The number of phenolic OH excluding ortho intramolecular Hbond substituents is 4. The average molecular weight is 631 g/mol. The summed E-state index contributed by atoms with van der Waals surface area (Å²) >= 11 is 0. The molecule has 0 saturated carbocycles. The predicted molar refractivity (Wildman–Crippen MR) is 177 cm³/mol. The van der Waals surface area contributed by atoms with Gasteiger partial charge in [0.1, 0.15) is 23.0 Å². The van der Waals surface area contributed by atoms with Gasteiger partial charge < -0.3 is 30.6 Å². The van der Waals surface area contributed by atoms with Crippen molar-refractivity contribution in [2.24, 2.45) is 0 Å². The zero-order valence-corrected chi connectivity index (χ0v) is 26.0. The van der Waals surface area contributed by atoms with Gasteiger partial charge in [0.25, 0.3) is 0 Å². The third-order valence-electron chi connectivity index (χ3n) is 8.77. The molecule has 5 aromatic carbocycles. The fraction of sp³-hybridized carbons (Fsp3) is 0.179. The Kier molecular flexibility index (Phi) is 8.11.